The summed E-state index contributed by atoms with van der Waals surface area (Å²) in [6.07, 6.45) is 0. The van der Waals surface area contributed by atoms with Crippen molar-refractivity contribution in [2.45, 2.75) is 6.92 Å². The highest BCUT2D eigenvalue weighted by Crippen LogP contribution is 2.16. The van der Waals surface area contributed by atoms with E-state index in [-0.39, 0.29) is 18.7 Å². The van der Waals surface area contributed by atoms with Crippen molar-refractivity contribution in [3.63, 3.8) is 0 Å². The lowest BCUT2D eigenvalue weighted by atomic mass is 10.2. The number of esters is 2. The lowest BCUT2D eigenvalue weighted by Crippen LogP contribution is -2.36. The molecule has 0 atom stereocenters. The number of benzene rings is 1. The first-order valence-corrected chi connectivity index (χ1v) is 6.34. The second kappa shape index (κ2) is 7.88. The number of hydrogen-bond donors (Lipinski definition) is 1. The number of methoxy groups -OCH3 is 1. The summed E-state index contributed by atoms with van der Waals surface area (Å²) in [7, 11) is 2.68. The number of nitrogens with zero attached hydrogens (tertiary/aromatic N) is 1. The number of carbonyl (C=O) groups is 3. The van der Waals surface area contributed by atoms with Gasteiger partial charge in [0.2, 0.25) is 0 Å². The molecule has 0 aliphatic heterocycles. The highest BCUT2D eigenvalue weighted by Gasteiger charge is 2.17. The molecule has 0 unspecified atom stereocenters. The van der Waals surface area contributed by atoms with E-state index in [0.29, 0.717) is 5.69 Å². The van der Waals surface area contributed by atoms with Gasteiger partial charge in [-0.2, -0.15) is 0 Å². The van der Waals surface area contributed by atoms with Gasteiger partial charge in [0.25, 0.3) is 0 Å². The third-order valence-corrected chi connectivity index (χ3v) is 2.60. The number of likely N-dealkylation sites (N-methyl/N-ethyl adjacent to an activating group) is 1. The molecule has 0 saturated heterocycles. The van der Waals surface area contributed by atoms with Crippen LogP contribution in [0.4, 0.5) is 10.5 Å². The molecule has 0 aliphatic rings. The molecule has 0 heterocycles. The third kappa shape index (κ3) is 4.79. The summed E-state index contributed by atoms with van der Waals surface area (Å²) in [5, 5.41) is 2.56. The standard InChI is InChI=1S/C14H18N2O5/c1-4-21-13(18)10-7-5-6-8-11(10)15-14(19)16(2)9-12(17)20-3/h5-8H,4,9H2,1-3H3,(H,15,19). The van der Waals surface area contributed by atoms with Gasteiger partial charge >= 0.3 is 18.0 Å². The fourth-order valence-corrected chi connectivity index (χ4v) is 1.52. The van der Waals surface area contributed by atoms with Gasteiger partial charge in [-0.15, -0.1) is 0 Å². The highest BCUT2D eigenvalue weighted by molar-refractivity contribution is 6.01. The summed E-state index contributed by atoms with van der Waals surface area (Å²) in [6.45, 7) is 1.75. The van der Waals surface area contributed by atoms with Crippen LogP contribution in [0.25, 0.3) is 0 Å². The normalized spacial score (nSPS) is 9.67. The Balaban J connectivity index is 2.80. The Bertz CT molecular complexity index is 530. The van der Waals surface area contributed by atoms with E-state index >= 15 is 0 Å². The molecule has 0 saturated carbocycles. The minimum atomic E-state index is -0.536. The van der Waals surface area contributed by atoms with Gasteiger partial charge in [-0.1, -0.05) is 12.1 Å². The number of hydrogen-bond acceptors (Lipinski definition) is 5. The number of amides is 2. The number of carbonyl (C=O) groups excluding carboxylic acids is 3. The first-order valence-electron chi connectivity index (χ1n) is 6.34. The van der Waals surface area contributed by atoms with Crippen LogP contribution in [0, 0.1) is 0 Å². The molecule has 1 rings (SSSR count). The minimum absolute atomic E-state index is 0.191. The maximum atomic E-state index is 12.0. The Hall–Kier alpha value is -2.57. The van der Waals surface area contributed by atoms with Crippen LogP contribution in [0.15, 0.2) is 24.3 Å². The quantitative estimate of drug-likeness (QED) is 0.832. The monoisotopic (exact) mass is 294 g/mol. The van der Waals surface area contributed by atoms with E-state index in [1.54, 1.807) is 31.2 Å². The van der Waals surface area contributed by atoms with Gasteiger partial charge in [0, 0.05) is 7.05 Å². The Morgan fingerprint density at radius 1 is 1.24 bits per heavy atom. The largest absolute Gasteiger partial charge is 0.468 e. The van der Waals surface area contributed by atoms with Crippen molar-refractivity contribution in [1.29, 1.82) is 0 Å². The SMILES string of the molecule is CCOC(=O)c1ccccc1NC(=O)N(C)CC(=O)OC. The zero-order valence-corrected chi connectivity index (χ0v) is 12.2. The third-order valence-electron chi connectivity index (χ3n) is 2.60. The van der Waals surface area contributed by atoms with E-state index in [4.69, 9.17) is 4.74 Å². The minimum Gasteiger partial charge on any atom is -0.468 e. The van der Waals surface area contributed by atoms with Crippen molar-refractivity contribution < 1.29 is 23.9 Å². The molecule has 1 aromatic rings. The van der Waals surface area contributed by atoms with Crippen LogP contribution in [0.5, 0.6) is 0 Å². The van der Waals surface area contributed by atoms with Crippen molar-refractivity contribution >= 4 is 23.7 Å². The van der Waals surface area contributed by atoms with Crippen LogP contribution in [0.1, 0.15) is 17.3 Å². The smallest absolute Gasteiger partial charge is 0.340 e. The summed E-state index contributed by atoms with van der Waals surface area (Å²) in [5.41, 5.74) is 0.567. The predicted molar refractivity (Wildman–Crippen MR) is 76.1 cm³/mol. The van der Waals surface area contributed by atoms with Gasteiger partial charge in [-0.3, -0.25) is 4.79 Å². The molecule has 7 nitrogen and oxygen atoms in total. The number of para-hydroxylation sites is 1. The Morgan fingerprint density at radius 3 is 2.52 bits per heavy atom. The molecule has 7 heteroatoms. The number of urea groups is 1. The van der Waals surface area contributed by atoms with Gasteiger partial charge in [0.1, 0.15) is 6.54 Å². The molecule has 1 N–H and O–H groups in total. The zero-order valence-electron chi connectivity index (χ0n) is 12.2. The Labute approximate surface area is 122 Å². The van der Waals surface area contributed by atoms with Crippen LogP contribution in [0.2, 0.25) is 0 Å². The maximum Gasteiger partial charge on any atom is 0.340 e. The topological polar surface area (TPSA) is 84.9 Å². The molecule has 114 valence electrons. The van der Waals surface area contributed by atoms with Crippen LogP contribution in [-0.2, 0) is 14.3 Å². The lowest BCUT2D eigenvalue weighted by Gasteiger charge is -2.17. The van der Waals surface area contributed by atoms with Crippen molar-refractivity contribution in [3.05, 3.63) is 29.8 Å². The fourth-order valence-electron chi connectivity index (χ4n) is 1.52. The van der Waals surface area contributed by atoms with E-state index in [1.165, 1.54) is 14.2 Å². The van der Waals surface area contributed by atoms with E-state index in [9.17, 15) is 14.4 Å². The predicted octanol–water partition coefficient (Wildman–Crippen LogP) is 1.50. The van der Waals surface area contributed by atoms with Gasteiger partial charge in [0.15, 0.2) is 0 Å². The summed E-state index contributed by atoms with van der Waals surface area (Å²) >= 11 is 0. The second-order valence-electron chi connectivity index (χ2n) is 4.13. The second-order valence-corrected chi connectivity index (χ2v) is 4.13. The summed E-state index contributed by atoms with van der Waals surface area (Å²) in [5.74, 6) is -1.06. The Kier molecular flexibility index (Phi) is 6.19. The first-order chi connectivity index (χ1) is 9.99. The molecule has 2 amide bonds. The fraction of sp³-hybridized carbons (Fsp3) is 0.357. The number of ether oxygens (including phenoxy) is 2. The van der Waals surface area contributed by atoms with E-state index in [2.05, 4.69) is 10.1 Å². The van der Waals surface area contributed by atoms with Crippen LogP contribution >= 0.6 is 0 Å². The van der Waals surface area contributed by atoms with Gasteiger partial charge in [-0.05, 0) is 19.1 Å². The van der Waals surface area contributed by atoms with Gasteiger partial charge in [-0.25, -0.2) is 9.59 Å². The molecule has 0 spiro atoms. The lowest BCUT2D eigenvalue weighted by molar-refractivity contribution is -0.140. The van der Waals surface area contributed by atoms with Gasteiger partial charge < -0.3 is 19.7 Å². The molecule has 0 aliphatic carbocycles. The van der Waals surface area contributed by atoms with E-state index < -0.39 is 18.0 Å². The van der Waals surface area contributed by atoms with Crippen LogP contribution < -0.4 is 5.32 Å². The van der Waals surface area contributed by atoms with E-state index in [0.717, 1.165) is 4.90 Å². The van der Waals surface area contributed by atoms with Crippen molar-refractivity contribution in [3.8, 4) is 0 Å². The number of nitrogens with one attached hydrogen (secondary N) is 1. The number of anilines is 1. The summed E-state index contributed by atoms with van der Waals surface area (Å²) in [4.78, 5) is 36.0. The van der Waals surface area contributed by atoms with Crippen molar-refractivity contribution in [1.82, 2.24) is 4.90 Å². The zero-order chi connectivity index (χ0) is 15.8. The molecular weight excluding hydrogens is 276 g/mol. The van der Waals surface area contributed by atoms with Crippen molar-refractivity contribution in [2.24, 2.45) is 0 Å². The van der Waals surface area contributed by atoms with Crippen LogP contribution in [0.3, 0.4) is 0 Å². The van der Waals surface area contributed by atoms with Gasteiger partial charge in [0.05, 0.1) is 25.0 Å². The molecule has 0 radical (unpaired) electrons. The van der Waals surface area contributed by atoms with Crippen LogP contribution in [-0.4, -0.2) is 50.2 Å². The molecular formula is C14H18N2O5. The van der Waals surface area contributed by atoms with E-state index in [1.807, 2.05) is 0 Å². The Morgan fingerprint density at radius 2 is 1.90 bits per heavy atom. The average Bonchev–Trinajstić information content (AvgIpc) is 2.47. The highest BCUT2D eigenvalue weighted by atomic mass is 16.5. The molecule has 0 aromatic heterocycles. The average molecular weight is 294 g/mol. The first kappa shape index (κ1) is 16.5. The molecule has 0 fully saturated rings. The number of rotatable bonds is 5. The molecule has 0 bridgehead atoms. The van der Waals surface area contributed by atoms with Crippen molar-refractivity contribution in [2.75, 3.05) is 32.6 Å². The molecule has 21 heavy (non-hydrogen) atoms. The maximum absolute atomic E-state index is 12.0. The summed E-state index contributed by atoms with van der Waals surface area (Å²) in [6, 6.07) is 5.94. The molecule has 1 aromatic carbocycles. The summed E-state index contributed by atoms with van der Waals surface area (Å²) < 4.78 is 9.40.